The molecule has 14 heteroatoms. The van der Waals surface area contributed by atoms with Crippen LogP contribution in [0.3, 0.4) is 0 Å². The number of fused-ring (bicyclic) bond motifs is 1. The Labute approximate surface area is 348 Å². The van der Waals surface area contributed by atoms with Gasteiger partial charge in [-0.15, -0.1) is 0 Å². The number of benzene rings is 1. The lowest BCUT2D eigenvalue weighted by Crippen LogP contribution is -2.47. The lowest BCUT2D eigenvalue weighted by Gasteiger charge is -2.22. The molecule has 5 N–H and O–H groups in total. The number of hydrogen-bond donors (Lipinski definition) is 5. The van der Waals surface area contributed by atoms with Gasteiger partial charge in [0, 0.05) is 43.8 Å². The number of unbranched alkanes of at least 4 members (excludes halogenated alkanes) is 14. The van der Waals surface area contributed by atoms with E-state index >= 15 is 0 Å². The standard InChI is InChI=1S/C44H77N4O9P/c1-5-8-10-12-13-14-15-16-17-19-21-27-42(49)47-37(34-55-30-28-38(54-4)24-20-18-11-9-6-2)35-57-58(52,53)56-31-29-45-44(51)40(7-3)48-43(50)32-36-33-46-41-26-23-22-25-39(36)41/h22-23,25-26,33,37-38,40,46H,5-21,24,27-32,34-35H2,1-4H3,(H,45,51)(H,47,49)(H,48,50)(H,52,53)/t37-,38-,40+/m1/s1. The number of aromatic nitrogens is 1. The first-order chi connectivity index (χ1) is 28.1. The zero-order chi connectivity index (χ0) is 42.3. The number of carbonyl (C=O) groups is 3. The number of ether oxygens (including phenoxy) is 2. The molecule has 4 atom stereocenters. The lowest BCUT2D eigenvalue weighted by atomic mass is 10.1. The molecule has 0 aliphatic heterocycles. The van der Waals surface area contributed by atoms with Gasteiger partial charge in [-0.1, -0.05) is 135 Å². The maximum Gasteiger partial charge on any atom is 0.472 e. The average molecular weight is 837 g/mol. The quantitative estimate of drug-likeness (QED) is 0.0329. The van der Waals surface area contributed by atoms with Crippen LogP contribution in [0.5, 0.6) is 0 Å². The highest BCUT2D eigenvalue weighted by atomic mass is 31.2. The summed E-state index contributed by atoms with van der Waals surface area (Å²) in [5.74, 6) is -0.889. The molecule has 13 nitrogen and oxygen atoms in total. The van der Waals surface area contributed by atoms with Crippen molar-refractivity contribution in [1.82, 2.24) is 20.9 Å². The van der Waals surface area contributed by atoms with Gasteiger partial charge in [0.15, 0.2) is 0 Å². The molecule has 0 radical (unpaired) electrons. The number of H-pyrrole nitrogens is 1. The Kier molecular flexibility index (Phi) is 28.4. The minimum atomic E-state index is -4.54. The van der Waals surface area contributed by atoms with E-state index in [-0.39, 0.29) is 50.7 Å². The highest BCUT2D eigenvalue weighted by Crippen LogP contribution is 2.43. The van der Waals surface area contributed by atoms with Gasteiger partial charge >= 0.3 is 7.82 Å². The minimum absolute atomic E-state index is 0.0766. The van der Waals surface area contributed by atoms with E-state index in [9.17, 15) is 23.8 Å². The average Bonchev–Trinajstić information content (AvgIpc) is 3.62. The zero-order valence-electron chi connectivity index (χ0n) is 36.2. The smallest absolute Gasteiger partial charge is 0.381 e. The number of carbonyl (C=O) groups excluding carboxylic acids is 3. The van der Waals surface area contributed by atoms with Gasteiger partial charge in [0.05, 0.1) is 38.4 Å². The minimum Gasteiger partial charge on any atom is -0.381 e. The van der Waals surface area contributed by atoms with Crippen LogP contribution in [0.2, 0.25) is 0 Å². The van der Waals surface area contributed by atoms with Crippen molar-refractivity contribution in [2.45, 2.75) is 174 Å². The van der Waals surface area contributed by atoms with Crippen LogP contribution in [-0.2, 0) is 43.9 Å². The van der Waals surface area contributed by atoms with Crippen LogP contribution in [0.1, 0.15) is 155 Å². The largest absolute Gasteiger partial charge is 0.472 e. The van der Waals surface area contributed by atoms with Gasteiger partial charge in [0.25, 0.3) is 0 Å². The Morgan fingerprint density at radius 2 is 1.40 bits per heavy atom. The Bertz CT molecular complexity index is 1440. The van der Waals surface area contributed by atoms with Gasteiger partial charge in [0.2, 0.25) is 17.7 Å². The normalized spacial score (nSPS) is 14.2. The molecule has 0 spiro atoms. The van der Waals surface area contributed by atoms with Crippen molar-refractivity contribution in [3.63, 3.8) is 0 Å². The molecule has 3 amide bonds. The van der Waals surface area contributed by atoms with E-state index in [0.29, 0.717) is 25.9 Å². The van der Waals surface area contributed by atoms with E-state index in [1.165, 1.54) is 77.0 Å². The second-order valence-electron chi connectivity index (χ2n) is 15.4. The van der Waals surface area contributed by atoms with Crippen LogP contribution in [0, 0.1) is 0 Å². The molecule has 2 rings (SSSR count). The van der Waals surface area contributed by atoms with E-state index in [4.69, 9.17) is 18.5 Å². The molecule has 1 heterocycles. The molecule has 0 aliphatic carbocycles. The van der Waals surface area contributed by atoms with Crippen molar-refractivity contribution >= 4 is 36.4 Å². The number of phosphoric acid groups is 1. The van der Waals surface area contributed by atoms with E-state index in [2.05, 4.69) is 34.8 Å². The fraction of sp³-hybridized carbons (Fsp3) is 0.750. The van der Waals surface area contributed by atoms with E-state index in [0.717, 1.165) is 48.6 Å². The third-order valence-electron chi connectivity index (χ3n) is 10.4. The Morgan fingerprint density at radius 3 is 2.05 bits per heavy atom. The predicted molar refractivity (Wildman–Crippen MR) is 232 cm³/mol. The van der Waals surface area contributed by atoms with Crippen molar-refractivity contribution in [2.75, 3.05) is 40.1 Å². The van der Waals surface area contributed by atoms with Crippen LogP contribution in [-0.4, -0.2) is 85.9 Å². The zero-order valence-corrected chi connectivity index (χ0v) is 37.1. The summed E-state index contributed by atoms with van der Waals surface area (Å²) in [6, 6.07) is 6.23. The molecule has 332 valence electrons. The molecule has 2 aromatic rings. The number of rotatable bonds is 37. The fourth-order valence-electron chi connectivity index (χ4n) is 6.91. The van der Waals surface area contributed by atoms with Gasteiger partial charge in [0.1, 0.15) is 6.04 Å². The van der Waals surface area contributed by atoms with Crippen LogP contribution in [0.25, 0.3) is 10.9 Å². The van der Waals surface area contributed by atoms with E-state index < -0.39 is 25.8 Å². The monoisotopic (exact) mass is 837 g/mol. The maximum atomic E-state index is 12.9. The van der Waals surface area contributed by atoms with Crippen LogP contribution in [0.15, 0.2) is 30.5 Å². The number of hydrogen-bond acceptors (Lipinski definition) is 8. The van der Waals surface area contributed by atoms with Gasteiger partial charge in [-0.05, 0) is 37.3 Å². The van der Waals surface area contributed by atoms with Crippen molar-refractivity contribution in [2.24, 2.45) is 0 Å². The van der Waals surface area contributed by atoms with Gasteiger partial charge in [-0.3, -0.25) is 23.4 Å². The number of amides is 3. The van der Waals surface area contributed by atoms with Gasteiger partial charge in [-0.2, -0.15) is 0 Å². The van der Waals surface area contributed by atoms with Crippen molar-refractivity contribution in [1.29, 1.82) is 0 Å². The summed E-state index contributed by atoms with van der Waals surface area (Å²) in [6.07, 6.45) is 23.4. The van der Waals surface area contributed by atoms with E-state index in [1.807, 2.05) is 24.3 Å². The van der Waals surface area contributed by atoms with Crippen molar-refractivity contribution in [3.8, 4) is 0 Å². The second-order valence-corrected chi connectivity index (χ2v) is 16.9. The van der Waals surface area contributed by atoms with Crippen LogP contribution in [0.4, 0.5) is 0 Å². The summed E-state index contributed by atoms with van der Waals surface area (Å²) < 4.78 is 34.8. The maximum absolute atomic E-state index is 12.9. The van der Waals surface area contributed by atoms with Gasteiger partial charge in [-0.25, -0.2) is 4.57 Å². The second kappa shape index (κ2) is 32.0. The van der Waals surface area contributed by atoms with Crippen LogP contribution < -0.4 is 16.0 Å². The molecule has 0 fully saturated rings. The SMILES string of the molecule is CCCCCCCCCCCCCC(=O)N[C@H](COCC[C@@H](CCCCCCC)OC)COP(=O)(O)OCCNC(=O)[C@H](CC)NC(=O)Cc1c[nH]c2ccccc12. The predicted octanol–water partition coefficient (Wildman–Crippen LogP) is 8.82. The molecule has 1 unspecified atom stereocenters. The summed E-state index contributed by atoms with van der Waals surface area (Å²) in [4.78, 5) is 52.1. The van der Waals surface area contributed by atoms with E-state index in [1.54, 1.807) is 20.2 Å². The molecule has 0 saturated carbocycles. The van der Waals surface area contributed by atoms with Crippen molar-refractivity contribution < 1.29 is 42.4 Å². The highest BCUT2D eigenvalue weighted by molar-refractivity contribution is 7.47. The molecule has 0 saturated heterocycles. The fourth-order valence-corrected chi connectivity index (χ4v) is 7.67. The number of para-hydroxylation sites is 1. The first-order valence-electron chi connectivity index (χ1n) is 22.3. The first-order valence-corrected chi connectivity index (χ1v) is 23.8. The summed E-state index contributed by atoms with van der Waals surface area (Å²) in [6.45, 7) is 6.04. The summed E-state index contributed by atoms with van der Waals surface area (Å²) in [5, 5.41) is 9.28. The lowest BCUT2D eigenvalue weighted by molar-refractivity contribution is -0.128. The molecular formula is C44H77N4O9P. The molecule has 58 heavy (non-hydrogen) atoms. The third kappa shape index (κ3) is 23.7. The molecule has 1 aromatic heterocycles. The molecular weight excluding hydrogens is 759 g/mol. The van der Waals surface area contributed by atoms with Crippen LogP contribution >= 0.6 is 7.82 Å². The van der Waals surface area contributed by atoms with Gasteiger partial charge < -0.3 is 35.3 Å². The topological polar surface area (TPSA) is 177 Å². The number of aromatic amines is 1. The number of phosphoric ester groups is 1. The third-order valence-corrected chi connectivity index (χ3v) is 11.4. The Hall–Kier alpha value is -2.80. The molecule has 1 aromatic carbocycles. The van der Waals surface area contributed by atoms with Crippen molar-refractivity contribution in [3.05, 3.63) is 36.0 Å². The Morgan fingerprint density at radius 1 is 0.759 bits per heavy atom. The number of nitrogens with one attached hydrogen (secondary N) is 4. The first kappa shape index (κ1) is 51.3. The summed E-state index contributed by atoms with van der Waals surface area (Å²) >= 11 is 0. The number of methoxy groups -OCH3 is 1. The highest BCUT2D eigenvalue weighted by Gasteiger charge is 2.25. The molecule has 0 aliphatic rings. The Balaban J connectivity index is 1.77. The molecule has 0 bridgehead atoms. The summed E-state index contributed by atoms with van der Waals surface area (Å²) in [5.41, 5.74) is 1.76. The summed E-state index contributed by atoms with van der Waals surface area (Å²) in [7, 11) is -2.83.